The molecule has 0 saturated carbocycles. The lowest BCUT2D eigenvalue weighted by atomic mass is 10.1. The number of carbonyl (C=O) groups excluding carboxylic acids is 1. The van der Waals surface area contributed by atoms with Crippen LogP contribution in [0.3, 0.4) is 0 Å². The van der Waals surface area contributed by atoms with E-state index in [9.17, 15) is 4.79 Å². The Morgan fingerprint density at radius 1 is 1.28 bits per heavy atom. The van der Waals surface area contributed by atoms with E-state index in [1.54, 1.807) is 0 Å². The van der Waals surface area contributed by atoms with Gasteiger partial charge in [0.05, 0.1) is 0 Å². The Labute approximate surface area is 123 Å². The molecule has 0 fully saturated rings. The third-order valence-corrected chi connectivity index (χ3v) is 3.60. The van der Waals surface area contributed by atoms with Crippen LogP contribution in [0.5, 0.6) is 0 Å². The molecule has 0 aliphatic rings. The first-order valence-corrected chi connectivity index (χ1v) is 7.37. The maximum atomic E-state index is 11.9. The molecule has 4 heteroatoms. The number of para-hydroxylation sites is 1. The third-order valence-electron chi connectivity index (χ3n) is 2.66. The summed E-state index contributed by atoms with van der Waals surface area (Å²) >= 11 is 2.26. The summed E-state index contributed by atoms with van der Waals surface area (Å²) in [7, 11) is 0. The Hall–Kier alpha value is -0.780. The molecule has 2 N–H and O–H groups in total. The summed E-state index contributed by atoms with van der Waals surface area (Å²) in [5, 5.41) is 6.18. The molecule has 0 aliphatic carbocycles. The van der Waals surface area contributed by atoms with Crippen LogP contribution >= 0.6 is 22.6 Å². The summed E-state index contributed by atoms with van der Waals surface area (Å²) in [6.45, 7) is 6.93. The first-order chi connectivity index (χ1) is 8.50. The predicted molar refractivity (Wildman–Crippen MR) is 84.7 cm³/mol. The molecule has 0 heterocycles. The Bertz CT molecular complexity index is 393. The molecular formula is C14H21IN2O. The highest BCUT2D eigenvalue weighted by molar-refractivity contribution is 14.1. The molecule has 1 rings (SSSR count). The normalized spacial score (nSPS) is 12.3. The van der Waals surface area contributed by atoms with E-state index < -0.39 is 0 Å². The molecule has 0 radical (unpaired) electrons. The fraction of sp³-hybridized carbons (Fsp3) is 0.500. The minimum Gasteiger partial charge on any atom is -0.373 e. The molecule has 1 atom stereocenters. The zero-order valence-electron chi connectivity index (χ0n) is 11.2. The number of anilines is 1. The molecule has 0 aliphatic heterocycles. The van der Waals surface area contributed by atoms with Crippen LogP contribution in [0.2, 0.25) is 0 Å². The van der Waals surface area contributed by atoms with Crippen molar-refractivity contribution in [3.05, 3.63) is 27.8 Å². The largest absolute Gasteiger partial charge is 0.373 e. The van der Waals surface area contributed by atoms with Crippen LogP contribution < -0.4 is 10.6 Å². The van der Waals surface area contributed by atoms with E-state index in [0.717, 1.165) is 22.2 Å². The Balaban J connectivity index is 2.43. The third kappa shape index (κ3) is 5.25. The molecule has 1 amide bonds. The van der Waals surface area contributed by atoms with Gasteiger partial charge in [0, 0.05) is 15.8 Å². The second-order valence-electron chi connectivity index (χ2n) is 4.82. The summed E-state index contributed by atoms with van der Waals surface area (Å²) < 4.78 is 1.12. The van der Waals surface area contributed by atoms with Crippen molar-refractivity contribution < 1.29 is 4.79 Å². The number of hydrogen-bond acceptors (Lipinski definition) is 2. The van der Waals surface area contributed by atoms with E-state index in [1.165, 1.54) is 0 Å². The molecule has 0 saturated heterocycles. The molecule has 3 nitrogen and oxygen atoms in total. The maximum absolute atomic E-state index is 11.9. The zero-order chi connectivity index (χ0) is 13.5. The zero-order valence-corrected chi connectivity index (χ0v) is 13.3. The van der Waals surface area contributed by atoms with Gasteiger partial charge in [-0.05, 0) is 54.0 Å². The van der Waals surface area contributed by atoms with Crippen LogP contribution in [0.25, 0.3) is 0 Å². The van der Waals surface area contributed by atoms with Crippen molar-refractivity contribution in [2.45, 2.75) is 33.2 Å². The number of rotatable bonds is 6. The Morgan fingerprint density at radius 3 is 2.56 bits per heavy atom. The van der Waals surface area contributed by atoms with Crippen molar-refractivity contribution >= 4 is 34.2 Å². The summed E-state index contributed by atoms with van der Waals surface area (Å²) in [6.07, 6.45) is 1.02. The SMILES string of the molecule is CC(C)CCNC(=O)C(C)Nc1ccccc1I. The first-order valence-electron chi connectivity index (χ1n) is 6.29. The fourth-order valence-electron chi connectivity index (χ4n) is 1.51. The standard InChI is InChI=1S/C14H21IN2O/c1-10(2)8-9-16-14(18)11(3)17-13-7-5-4-6-12(13)15/h4-7,10-11,17H,8-9H2,1-3H3,(H,16,18). The van der Waals surface area contributed by atoms with E-state index in [2.05, 4.69) is 47.1 Å². The van der Waals surface area contributed by atoms with Gasteiger partial charge in [-0.1, -0.05) is 26.0 Å². The highest BCUT2D eigenvalue weighted by Crippen LogP contribution is 2.17. The van der Waals surface area contributed by atoms with E-state index >= 15 is 0 Å². The van der Waals surface area contributed by atoms with Gasteiger partial charge in [-0.3, -0.25) is 4.79 Å². The van der Waals surface area contributed by atoms with Gasteiger partial charge >= 0.3 is 0 Å². The van der Waals surface area contributed by atoms with Crippen LogP contribution in [0.15, 0.2) is 24.3 Å². The van der Waals surface area contributed by atoms with Gasteiger partial charge in [-0.2, -0.15) is 0 Å². The Morgan fingerprint density at radius 2 is 1.94 bits per heavy atom. The van der Waals surface area contributed by atoms with Crippen molar-refractivity contribution in [2.75, 3.05) is 11.9 Å². The smallest absolute Gasteiger partial charge is 0.242 e. The summed E-state index contributed by atoms with van der Waals surface area (Å²) in [6, 6.07) is 7.74. The summed E-state index contributed by atoms with van der Waals surface area (Å²) in [4.78, 5) is 11.9. The van der Waals surface area contributed by atoms with Crippen LogP contribution in [0.1, 0.15) is 27.2 Å². The lowest BCUT2D eigenvalue weighted by Crippen LogP contribution is -2.38. The molecule has 0 aromatic heterocycles. The topological polar surface area (TPSA) is 41.1 Å². The molecule has 100 valence electrons. The minimum atomic E-state index is -0.215. The second kappa shape index (κ2) is 7.61. The van der Waals surface area contributed by atoms with Crippen LogP contribution in [0, 0.1) is 9.49 Å². The predicted octanol–water partition coefficient (Wildman–Crippen LogP) is 3.25. The number of hydrogen-bond donors (Lipinski definition) is 2. The van der Waals surface area contributed by atoms with Crippen molar-refractivity contribution in [3.8, 4) is 0 Å². The number of carbonyl (C=O) groups is 1. The number of amides is 1. The minimum absolute atomic E-state index is 0.0512. The van der Waals surface area contributed by atoms with Crippen molar-refractivity contribution in [1.82, 2.24) is 5.32 Å². The van der Waals surface area contributed by atoms with Crippen molar-refractivity contribution in [3.63, 3.8) is 0 Å². The van der Waals surface area contributed by atoms with Crippen LogP contribution in [-0.4, -0.2) is 18.5 Å². The molecule has 0 spiro atoms. The second-order valence-corrected chi connectivity index (χ2v) is 5.98. The summed E-state index contributed by atoms with van der Waals surface area (Å²) in [5.41, 5.74) is 1.00. The lowest BCUT2D eigenvalue weighted by Gasteiger charge is -2.16. The number of nitrogens with one attached hydrogen (secondary N) is 2. The van der Waals surface area contributed by atoms with E-state index in [1.807, 2.05) is 31.2 Å². The Kier molecular flexibility index (Phi) is 6.46. The quantitative estimate of drug-likeness (QED) is 0.765. The number of benzene rings is 1. The fourth-order valence-corrected chi connectivity index (χ4v) is 2.06. The highest BCUT2D eigenvalue weighted by Gasteiger charge is 2.12. The number of halogens is 1. The summed E-state index contributed by atoms with van der Waals surface area (Å²) in [5.74, 6) is 0.666. The molecule has 0 bridgehead atoms. The average molecular weight is 360 g/mol. The molecule has 1 unspecified atom stereocenters. The highest BCUT2D eigenvalue weighted by atomic mass is 127. The average Bonchev–Trinajstić information content (AvgIpc) is 2.31. The molecule has 1 aromatic rings. The van der Waals surface area contributed by atoms with Gasteiger partial charge in [-0.25, -0.2) is 0 Å². The van der Waals surface area contributed by atoms with Crippen LogP contribution in [-0.2, 0) is 4.79 Å². The van der Waals surface area contributed by atoms with Gasteiger partial charge in [0.1, 0.15) is 6.04 Å². The van der Waals surface area contributed by atoms with Gasteiger partial charge in [0.2, 0.25) is 5.91 Å². The van der Waals surface area contributed by atoms with Crippen LogP contribution in [0.4, 0.5) is 5.69 Å². The van der Waals surface area contributed by atoms with E-state index in [-0.39, 0.29) is 11.9 Å². The van der Waals surface area contributed by atoms with Crippen molar-refractivity contribution in [2.24, 2.45) is 5.92 Å². The van der Waals surface area contributed by atoms with E-state index in [0.29, 0.717) is 5.92 Å². The van der Waals surface area contributed by atoms with Gasteiger partial charge in [0.25, 0.3) is 0 Å². The van der Waals surface area contributed by atoms with E-state index in [4.69, 9.17) is 0 Å². The first kappa shape index (κ1) is 15.3. The molecule has 1 aromatic carbocycles. The maximum Gasteiger partial charge on any atom is 0.242 e. The van der Waals surface area contributed by atoms with Gasteiger partial charge in [-0.15, -0.1) is 0 Å². The lowest BCUT2D eigenvalue weighted by molar-refractivity contribution is -0.121. The molecule has 18 heavy (non-hydrogen) atoms. The molecular weight excluding hydrogens is 339 g/mol. The monoisotopic (exact) mass is 360 g/mol. The van der Waals surface area contributed by atoms with Gasteiger partial charge < -0.3 is 10.6 Å². The van der Waals surface area contributed by atoms with Crippen molar-refractivity contribution in [1.29, 1.82) is 0 Å². The van der Waals surface area contributed by atoms with Gasteiger partial charge in [0.15, 0.2) is 0 Å².